The van der Waals surface area contributed by atoms with E-state index in [2.05, 4.69) is 6.92 Å². The molecular formula is C20H24N2O3S. The molecule has 6 heteroatoms. The molecule has 0 N–H and O–H groups in total. The molecule has 5 nitrogen and oxygen atoms in total. The first-order chi connectivity index (χ1) is 12.4. The van der Waals surface area contributed by atoms with E-state index in [1.807, 2.05) is 30.3 Å². The molecule has 1 atom stereocenters. The molecule has 26 heavy (non-hydrogen) atoms. The molecule has 0 aliphatic carbocycles. The number of amides is 1. The summed E-state index contributed by atoms with van der Waals surface area (Å²) in [4.78, 5) is 14.4. The van der Waals surface area contributed by atoms with Crippen LogP contribution in [-0.2, 0) is 10.0 Å². The molecule has 1 amide bonds. The molecule has 1 heterocycles. The predicted molar refractivity (Wildman–Crippen MR) is 103 cm³/mol. The maximum Gasteiger partial charge on any atom is 0.258 e. The quantitative estimate of drug-likeness (QED) is 0.827. The van der Waals surface area contributed by atoms with Crippen molar-refractivity contribution in [3.8, 4) is 0 Å². The molecule has 2 aromatic carbocycles. The lowest BCUT2D eigenvalue weighted by Crippen LogP contribution is -2.39. The van der Waals surface area contributed by atoms with Crippen molar-refractivity contribution in [3.05, 3.63) is 60.2 Å². The fraction of sp³-hybridized carbons (Fsp3) is 0.350. The summed E-state index contributed by atoms with van der Waals surface area (Å²) in [6.45, 7) is 3.19. The summed E-state index contributed by atoms with van der Waals surface area (Å²) in [6, 6.07) is 15.6. The highest BCUT2D eigenvalue weighted by atomic mass is 32.2. The van der Waals surface area contributed by atoms with Crippen LogP contribution in [0.3, 0.4) is 0 Å². The molecule has 1 aliphatic heterocycles. The standard InChI is InChI=1S/C20H24N2O3S/c1-16-7-6-14-22(15-16)26(24,25)19-12-10-17(11-13-19)20(23)21(2)18-8-4-3-5-9-18/h3-5,8-13,16H,6-7,14-15H2,1-2H3. The topological polar surface area (TPSA) is 57.7 Å². The normalized spacial score (nSPS) is 18.5. The van der Waals surface area contributed by atoms with Crippen molar-refractivity contribution in [1.82, 2.24) is 4.31 Å². The summed E-state index contributed by atoms with van der Waals surface area (Å²) in [7, 11) is -1.80. The predicted octanol–water partition coefficient (Wildman–Crippen LogP) is 3.38. The maximum atomic E-state index is 12.8. The molecule has 1 saturated heterocycles. The Morgan fingerprint density at radius 2 is 1.73 bits per heavy atom. The number of hydrogen-bond acceptors (Lipinski definition) is 3. The molecule has 1 aliphatic rings. The average Bonchev–Trinajstić information content (AvgIpc) is 2.67. The van der Waals surface area contributed by atoms with Gasteiger partial charge in [0.1, 0.15) is 0 Å². The second-order valence-electron chi connectivity index (χ2n) is 6.83. The van der Waals surface area contributed by atoms with Crippen molar-refractivity contribution < 1.29 is 13.2 Å². The minimum atomic E-state index is -3.50. The first kappa shape index (κ1) is 18.6. The molecule has 0 saturated carbocycles. The van der Waals surface area contributed by atoms with Gasteiger partial charge in [-0.3, -0.25) is 4.79 Å². The molecule has 3 rings (SSSR count). The number of carbonyl (C=O) groups excluding carboxylic acids is 1. The molecule has 1 unspecified atom stereocenters. The van der Waals surface area contributed by atoms with E-state index in [9.17, 15) is 13.2 Å². The highest BCUT2D eigenvalue weighted by Gasteiger charge is 2.28. The van der Waals surface area contributed by atoms with Gasteiger partial charge in [-0.05, 0) is 55.2 Å². The van der Waals surface area contributed by atoms with Gasteiger partial charge < -0.3 is 4.90 Å². The van der Waals surface area contributed by atoms with E-state index in [4.69, 9.17) is 0 Å². The first-order valence-electron chi connectivity index (χ1n) is 8.83. The van der Waals surface area contributed by atoms with Gasteiger partial charge in [0.15, 0.2) is 0 Å². The van der Waals surface area contributed by atoms with Gasteiger partial charge in [0.25, 0.3) is 5.91 Å². The average molecular weight is 372 g/mol. The summed E-state index contributed by atoms with van der Waals surface area (Å²) in [5.74, 6) is 0.200. The van der Waals surface area contributed by atoms with E-state index in [0.29, 0.717) is 24.6 Å². The van der Waals surface area contributed by atoms with Crippen LogP contribution in [0.1, 0.15) is 30.1 Å². The lowest BCUT2D eigenvalue weighted by Gasteiger charge is -2.30. The van der Waals surface area contributed by atoms with Gasteiger partial charge in [-0.15, -0.1) is 0 Å². The van der Waals surface area contributed by atoms with Gasteiger partial charge in [-0.2, -0.15) is 4.31 Å². The fourth-order valence-electron chi connectivity index (χ4n) is 3.25. The van der Waals surface area contributed by atoms with Gasteiger partial charge in [0.2, 0.25) is 10.0 Å². The van der Waals surface area contributed by atoms with Gasteiger partial charge in [-0.1, -0.05) is 25.1 Å². The Morgan fingerprint density at radius 3 is 2.35 bits per heavy atom. The smallest absolute Gasteiger partial charge is 0.258 e. The molecule has 0 bridgehead atoms. The molecule has 2 aromatic rings. The number of piperidine rings is 1. The van der Waals surface area contributed by atoms with Crippen LogP contribution in [0.2, 0.25) is 0 Å². The summed E-state index contributed by atoms with van der Waals surface area (Å²) in [5.41, 5.74) is 1.25. The van der Waals surface area contributed by atoms with Crippen LogP contribution in [0.15, 0.2) is 59.5 Å². The second-order valence-corrected chi connectivity index (χ2v) is 8.77. The summed E-state index contributed by atoms with van der Waals surface area (Å²) >= 11 is 0. The van der Waals surface area contributed by atoms with Crippen molar-refractivity contribution in [3.63, 3.8) is 0 Å². The van der Waals surface area contributed by atoms with Crippen LogP contribution >= 0.6 is 0 Å². The number of hydrogen-bond donors (Lipinski definition) is 0. The van der Waals surface area contributed by atoms with E-state index >= 15 is 0 Å². The molecular weight excluding hydrogens is 348 g/mol. The maximum absolute atomic E-state index is 12.8. The highest BCUT2D eigenvalue weighted by Crippen LogP contribution is 2.24. The molecule has 0 radical (unpaired) electrons. The van der Waals surface area contributed by atoms with Crippen LogP contribution in [0.4, 0.5) is 5.69 Å². The molecule has 138 valence electrons. The van der Waals surface area contributed by atoms with E-state index < -0.39 is 10.0 Å². The van der Waals surface area contributed by atoms with Gasteiger partial charge in [-0.25, -0.2) is 8.42 Å². The van der Waals surface area contributed by atoms with Crippen molar-refractivity contribution in [2.75, 3.05) is 25.0 Å². The van der Waals surface area contributed by atoms with Crippen LogP contribution in [0.25, 0.3) is 0 Å². The zero-order chi connectivity index (χ0) is 18.7. The van der Waals surface area contributed by atoms with Crippen molar-refractivity contribution in [2.45, 2.75) is 24.7 Å². The van der Waals surface area contributed by atoms with E-state index in [1.54, 1.807) is 28.4 Å². The third-order valence-electron chi connectivity index (χ3n) is 4.81. The summed E-state index contributed by atoms with van der Waals surface area (Å²) < 4.78 is 27.1. The zero-order valence-electron chi connectivity index (χ0n) is 15.1. The number of carbonyl (C=O) groups is 1. The van der Waals surface area contributed by atoms with Crippen LogP contribution in [-0.4, -0.2) is 38.8 Å². The number of nitrogens with zero attached hydrogens (tertiary/aromatic N) is 2. The number of rotatable bonds is 4. The minimum Gasteiger partial charge on any atom is -0.311 e. The second kappa shape index (κ2) is 7.60. The molecule has 0 spiro atoms. The Labute approximate surface area is 155 Å². The monoisotopic (exact) mass is 372 g/mol. The third-order valence-corrected chi connectivity index (χ3v) is 6.69. The number of sulfonamides is 1. The number of para-hydroxylation sites is 1. The van der Waals surface area contributed by atoms with Gasteiger partial charge >= 0.3 is 0 Å². The number of anilines is 1. The first-order valence-corrected chi connectivity index (χ1v) is 10.3. The highest BCUT2D eigenvalue weighted by molar-refractivity contribution is 7.89. The third kappa shape index (κ3) is 3.81. The molecule has 1 fully saturated rings. The van der Waals surface area contributed by atoms with E-state index in [1.165, 1.54) is 12.1 Å². The van der Waals surface area contributed by atoms with Crippen molar-refractivity contribution in [2.24, 2.45) is 5.92 Å². The van der Waals surface area contributed by atoms with Crippen LogP contribution in [0.5, 0.6) is 0 Å². The van der Waals surface area contributed by atoms with Crippen molar-refractivity contribution in [1.29, 1.82) is 0 Å². The summed E-state index contributed by atoms with van der Waals surface area (Å²) in [5, 5.41) is 0. The number of benzene rings is 2. The van der Waals surface area contributed by atoms with E-state index in [-0.39, 0.29) is 10.8 Å². The lowest BCUT2D eigenvalue weighted by atomic mass is 10.0. The van der Waals surface area contributed by atoms with Crippen molar-refractivity contribution >= 4 is 21.6 Å². The largest absolute Gasteiger partial charge is 0.311 e. The van der Waals surface area contributed by atoms with Crippen LogP contribution < -0.4 is 4.90 Å². The van der Waals surface area contributed by atoms with Gasteiger partial charge in [0, 0.05) is 31.4 Å². The van der Waals surface area contributed by atoms with Gasteiger partial charge in [0.05, 0.1) is 4.90 Å². The van der Waals surface area contributed by atoms with Crippen LogP contribution in [0, 0.1) is 5.92 Å². The Morgan fingerprint density at radius 1 is 1.08 bits per heavy atom. The Kier molecular flexibility index (Phi) is 5.44. The summed E-state index contributed by atoms with van der Waals surface area (Å²) in [6.07, 6.45) is 1.95. The SMILES string of the molecule is CC1CCCN(S(=O)(=O)c2ccc(C(=O)N(C)c3ccccc3)cc2)C1. The Balaban J connectivity index is 1.79. The zero-order valence-corrected chi connectivity index (χ0v) is 15.9. The Bertz CT molecular complexity index is 864. The Hall–Kier alpha value is -2.18. The molecule has 0 aromatic heterocycles. The minimum absolute atomic E-state index is 0.174. The lowest BCUT2D eigenvalue weighted by molar-refractivity contribution is 0.0993. The van der Waals surface area contributed by atoms with E-state index in [0.717, 1.165) is 18.5 Å². The fourth-order valence-corrected chi connectivity index (χ4v) is 4.84.